The fourth-order valence-electron chi connectivity index (χ4n) is 4.66. The zero-order valence-electron chi connectivity index (χ0n) is 19.5. The van der Waals surface area contributed by atoms with Gasteiger partial charge in [0.2, 0.25) is 10.0 Å². The predicted octanol–water partition coefficient (Wildman–Crippen LogP) is 1.68. The van der Waals surface area contributed by atoms with Crippen molar-refractivity contribution < 1.29 is 17.6 Å². The number of ether oxygens (including phenoxy) is 1. The standard InChI is InChI=1S/C23H27N7O4S/c1-35(31,32)30-6-4-28(5-7-30)15-18-13-19-20(34-18)23(29-8-10-33-11-9-29)27-22(26-19)17-12-16-2-3-24-21(16)25-14-17/h2-3,12-14H,4-11,15H2,1H3,(H,24,25). The Hall–Kier alpha value is -3.06. The summed E-state index contributed by atoms with van der Waals surface area (Å²) < 4.78 is 37.0. The van der Waals surface area contributed by atoms with Crippen LogP contribution in [-0.2, 0) is 21.3 Å². The monoisotopic (exact) mass is 497 g/mol. The lowest BCUT2D eigenvalue weighted by atomic mass is 10.2. The number of rotatable bonds is 5. The first-order chi connectivity index (χ1) is 16.9. The number of sulfonamides is 1. The molecule has 4 aromatic heterocycles. The van der Waals surface area contributed by atoms with Crippen molar-refractivity contribution in [1.82, 2.24) is 29.1 Å². The molecular formula is C23H27N7O4S. The van der Waals surface area contributed by atoms with Gasteiger partial charge < -0.3 is 19.0 Å². The number of pyridine rings is 1. The maximum Gasteiger partial charge on any atom is 0.211 e. The summed E-state index contributed by atoms with van der Waals surface area (Å²) in [4.78, 5) is 21.7. The molecule has 0 saturated carbocycles. The van der Waals surface area contributed by atoms with Crippen molar-refractivity contribution in [2.45, 2.75) is 6.54 Å². The third kappa shape index (κ3) is 4.49. The molecule has 4 aromatic rings. The van der Waals surface area contributed by atoms with Crippen LogP contribution in [0.1, 0.15) is 5.76 Å². The molecule has 6 rings (SSSR count). The van der Waals surface area contributed by atoms with Crippen LogP contribution in [0.3, 0.4) is 0 Å². The van der Waals surface area contributed by atoms with E-state index in [-0.39, 0.29) is 0 Å². The third-order valence-corrected chi connectivity index (χ3v) is 7.86. The second-order valence-corrected chi connectivity index (χ2v) is 11.0. The number of nitrogens with zero attached hydrogens (tertiary/aromatic N) is 6. The van der Waals surface area contributed by atoms with Crippen LogP contribution in [0.2, 0.25) is 0 Å². The molecule has 11 nitrogen and oxygen atoms in total. The summed E-state index contributed by atoms with van der Waals surface area (Å²) in [7, 11) is -3.16. The van der Waals surface area contributed by atoms with E-state index in [2.05, 4.69) is 19.8 Å². The van der Waals surface area contributed by atoms with Crippen molar-refractivity contribution in [1.29, 1.82) is 0 Å². The summed E-state index contributed by atoms with van der Waals surface area (Å²) in [5, 5.41) is 1.00. The van der Waals surface area contributed by atoms with Crippen LogP contribution >= 0.6 is 0 Å². The molecule has 2 aliphatic heterocycles. The number of H-pyrrole nitrogens is 1. The van der Waals surface area contributed by atoms with Crippen LogP contribution in [0.15, 0.2) is 35.0 Å². The molecule has 0 unspecified atom stereocenters. The summed E-state index contributed by atoms with van der Waals surface area (Å²) in [6, 6.07) is 5.98. The maximum absolute atomic E-state index is 11.8. The Balaban J connectivity index is 1.33. The number of morpholine rings is 1. The summed E-state index contributed by atoms with van der Waals surface area (Å²) in [5.74, 6) is 2.15. The van der Waals surface area contributed by atoms with Gasteiger partial charge in [-0.3, -0.25) is 4.90 Å². The number of aromatic amines is 1. The summed E-state index contributed by atoms with van der Waals surface area (Å²) in [6.07, 6.45) is 4.91. The van der Waals surface area contributed by atoms with Gasteiger partial charge in [-0.15, -0.1) is 0 Å². The molecule has 2 fully saturated rings. The van der Waals surface area contributed by atoms with Crippen LogP contribution in [0.5, 0.6) is 0 Å². The average molecular weight is 498 g/mol. The zero-order chi connectivity index (χ0) is 24.0. The molecule has 0 aliphatic carbocycles. The minimum absolute atomic E-state index is 0.483. The van der Waals surface area contributed by atoms with E-state index < -0.39 is 10.0 Å². The smallest absolute Gasteiger partial charge is 0.211 e. The van der Waals surface area contributed by atoms with E-state index in [4.69, 9.17) is 19.1 Å². The van der Waals surface area contributed by atoms with Gasteiger partial charge in [-0.2, -0.15) is 4.31 Å². The van der Waals surface area contributed by atoms with E-state index in [0.29, 0.717) is 57.3 Å². The number of anilines is 1. The number of piperazine rings is 1. The lowest BCUT2D eigenvalue weighted by Gasteiger charge is -2.32. The van der Waals surface area contributed by atoms with Crippen molar-refractivity contribution in [3.63, 3.8) is 0 Å². The number of fused-ring (bicyclic) bond motifs is 2. The van der Waals surface area contributed by atoms with Gasteiger partial charge >= 0.3 is 0 Å². The fourth-order valence-corrected chi connectivity index (χ4v) is 5.49. The number of hydrogen-bond acceptors (Lipinski definition) is 9. The molecule has 0 bridgehead atoms. The lowest BCUT2D eigenvalue weighted by molar-refractivity contribution is 0.122. The topological polar surface area (TPSA) is 121 Å². The van der Waals surface area contributed by atoms with Crippen LogP contribution in [-0.4, -0.2) is 96.3 Å². The minimum atomic E-state index is -3.16. The van der Waals surface area contributed by atoms with Gasteiger partial charge in [0, 0.05) is 68.7 Å². The Morgan fingerprint density at radius 3 is 2.63 bits per heavy atom. The molecule has 0 spiro atoms. The maximum atomic E-state index is 11.8. The number of aromatic nitrogens is 4. The van der Waals surface area contributed by atoms with Gasteiger partial charge in [0.25, 0.3) is 0 Å². The highest BCUT2D eigenvalue weighted by atomic mass is 32.2. The molecule has 2 aliphatic rings. The van der Waals surface area contributed by atoms with E-state index in [1.165, 1.54) is 10.6 Å². The summed E-state index contributed by atoms with van der Waals surface area (Å²) in [5.41, 5.74) is 3.07. The van der Waals surface area contributed by atoms with Crippen LogP contribution in [0.25, 0.3) is 33.5 Å². The van der Waals surface area contributed by atoms with Crippen molar-refractivity contribution in [2.75, 3.05) is 63.6 Å². The first-order valence-corrected chi connectivity index (χ1v) is 13.5. The van der Waals surface area contributed by atoms with E-state index in [1.807, 2.05) is 24.4 Å². The molecule has 12 heteroatoms. The Morgan fingerprint density at radius 1 is 1.06 bits per heavy atom. The molecule has 6 heterocycles. The van der Waals surface area contributed by atoms with Gasteiger partial charge in [0.1, 0.15) is 16.9 Å². The van der Waals surface area contributed by atoms with Crippen LogP contribution in [0.4, 0.5) is 5.82 Å². The number of hydrogen-bond donors (Lipinski definition) is 1. The SMILES string of the molecule is CS(=O)(=O)N1CCN(Cc2cc3nc(-c4cnc5[nH]ccc5c4)nc(N4CCOCC4)c3o2)CC1. The molecule has 2 saturated heterocycles. The molecule has 0 radical (unpaired) electrons. The summed E-state index contributed by atoms with van der Waals surface area (Å²) in [6.45, 7) is 5.58. The molecule has 0 atom stereocenters. The first kappa shape index (κ1) is 22.4. The molecule has 1 N–H and O–H groups in total. The molecular weight excluding hydrogens is 470 g/mol. The molecule has 0 amide bonds. The highest BCUT2D eigenvalue weighted by Crippen LogP contribution is 2.31. The van der Waals surface area contributed by atoms with E-state index in [0.717, 1.165) is 46.8 Å². The van der Waals surface area contributed by atoms with Gasteiger partial charge in [0.05, 0.1) is 26.0 Å². The minimum Gasteiger partial charge on any atom is -0.454 e. The van der Waals surface area contributed by atoms with Crippen LogP contribution < -0.4 is 4.90 Å². The Morgan fingerprint density at radius 2 is 1.86 bits per heavy atom. The average Bonchev–Trinajstić information content (AvgIpc) is 3.49. The number of nitrogens with one attached hydrogen (secondary N) is 1. The van der Waals surface area contributed by atoms with E-state index in [1.54, 1.807) is 6.20 Å². The van der Waals surface area contributed by atoms with Gasteiger partial charge in [-0.05, 0) is 12.1 Å². The zero-order valence-corrected chi connectivity index (χ0v) is 20.3. The second-order valence-electron chi connectivity index (χ2n) is 8.98. The number of furan rings is 1. The molecule has 0 aromatic carbocycles. The largest absolute Gasteiger partial charge is 0.454 e. The third-order valence-electron chi connectivity index (χ3n) is 6.55. The Labute approximate surface area is 202 Å². The highest BCUT2D eigenvalue weighted by molar-refractivity contribution is 7.88. The van der Waals surface area contributed by atoms with Crippen molar-refractivity contribution in [3.8, 4) is 11.4 Å². The molecule has 35 heavy (non-hydrogen) atoms. The first-order valence-electron chi connectivity index (χ1n) is 11.7. The van der Waals surface area contributed by atoms with E-state index in [9.17, 15) is 8.42 Å². The van der Waals surface area contributed by atoms with Gasteiger partial charge in [-0.25, -0.2) is 23.4 Å². The van der Waals surface area contributed by atoms with Crippen molar-refractivity contribution in [3.05, 3.63) is 36.4 Å². The van der Waals surface area contributed by atoms with Crippen molar-refractivity contribution in [2.24, 2.45) is 0 Å². The Bertz CT molecular complexity index is 1470. The quantitative estimate of drug-likeness (QED) is 0.439. The van der Waals surface area contributed by atoms with Crippen LogP contribution in [0, 0.1) is 0 Å². The molecule has 184 valence electrons. The normalized spacial score (nSPS) is 18.6. The Kier molecular flexibility index (Phi) is 5.67. The highest BCUT2D eigenvalue weighted by Gasteiger charge is 2.26. The fraction of sp³-hybridized carbons (Fsp3) is 0.435. The second kappa shape index (κ2) is 8.86. The van der Waals surface area contributed by atoms with E-state index >= 15 is 0 Å². The van der Waals surface area contributed by atoms with Crippen molar-refractivity contribution >= 4 is 38.0 Å². The summed E-state index contributed by atoms with van der Waals surface area (Å²) >= 11 is 0. The van der Waals surface area contributed by atoms with Gasteiger partial charge in [0.15, 0.2) is 17.2 Å². The predicted molar refractivity (Wildman–Crippen MR) is 132 cm³/mol. The lowest BCUT2D eigenvalue weighted by Crippen LogP contribution is -2.47. The van der Waals surface area contributed by atoms with Gasteiger partial charge in [-0.1, -0.05) is 0 Å².